The van der Waals surface area contributed by atoms with Crippen LogP contribution < -0.4 is 20.5 Å². The van der Waals surface area contributed by atoms with Crippen molar-refractivity contribution in [1.29, 1.82) is 0 Å². The highest BCUT2D eigenvalue weighted by Crippen LogP contribution is 2.28. The molecule has 1 aliphatic rings. The Kier molecular flexibility index (Phi) is 4.87. The average Bonchev–Trinajstić information content (AvgIpc) is 2.97. The molecule has 0 aliphatic carbocycles. The number of ether oxygens (including phenoxy) is 2. The second-order valence-electron chi connectivity index (χ2n) is 7.33. The summed E-state index contributed by atoms with van der Waals surface area (Å²) in [6, 6.07) is 9.21. The Morgan fingerprint density at radius 1 is 1.28 bits per heavy atom. The quantitative estimate of drug-likeness (QED) is 0.633. The van der Waals surface area contributed by atoms with E-state index in [0.717, 1.165) is 0 Å². The fourth-order valence-electron chi connectivity index (χ4n) is 3.05. The van der Waals surface area contributed by atoms with Gasteiger partial charge in [-0.2, -0.15) is 4.98 Å². The van der Waals surface area contributed by atoms with Gasteiger partial charge in [0, 0.05) is 18.3 Å². The van der Waals surface area contributed by atoms with Crippen molar-refractivity contribution in [3.8, 4) is 17.4 Å². The van der Waals surface area contributed by atoms with Crippen molar-refractivity contribution in [2.75, 3.05) is 5.32 Å². The van der Waals surface area contributed by atoms with Gasteiger partial charge in [0.1, 0.15) is 23.3 Å². The van der Waals surface area contributed by atoms with E-state index in [1.165, 1.54) is 24.4 Å². The third-order valence-corrected chi connectivity index (χ3v) is 4.52. The summed E-state index contributed by atoms with van der Waals surface area (Å²) in [7, 11) is 0. The second-order valence-corrected chi connectivity index (χ2v) is 7.71. The van der Waals surface area contributed by atoms with Crippen molar-refractivity contribution < 1.29 is 13.9 Å². The maximum atomic E-state index is 14.4. The Balaban J connectivity index is 1.45. The minimum absolute atomic E-state index is 0.0522. The zero-order chi connectivity index (χ0) is 20.6. The molecule has 2 aromatic heterocycles. The van der Waals surface area contributed by atoms with E-state index < -0.39 is 5.82 Å². The normalized spacial score (nSPS) is 14.2. The molecule has 0 amide bonds. The molecule has 4 rings (SSSR count). The summed E-state index contributed by atoms with van der Waals surface area (Å²) in [5.41, 5.74) is -0.0513. The number of hydrogen-bond donors (Lipinski definition) is 1. The second kappa shape index (κ2) is 7.36. The molecule has 3 aromatic rings. The lowest BCUT2D eigenvalue weighted by Gasteiger charge is -2.16. The van der Waals surface area contributed by atoms with Crippen LogP contribution in [0.15, 0.2) is 47.4 Å². The van der Waals surface area contributed by atoms with Crippen LogP contribution in [0.5, 0.6) is 17.4 Å². The summed E-state index contributed by atoms with van der Waals surface area (Å²) in [6.07, 6.45) is 1.47. The van der Waals surface area contributed by atoms with Crippen molar-refractivity contribution >= 4 is 17.4 Å². The number of rotatable bonds is 5. The van der Waals surface area contributed by atoms with Gasteiger partial charge in [0.05, 0.1) is 12.1 Å². The molecular weight excluding hydrogens is 399 g/mol. The molecule has 0 spiro atoms. The largest absolute Gasteiger partial charge is 0.473 e. The lowest BCUT2D eigenvalue weighted by Crippen LogP contribution is -2.30. The average molecular weight is 417 g/mol. The molecular formula is C20H18ClFN4O3. The van der Waals surface area contributed by atoms with Crippen LogP contribution in [0.4, 0.5) is 10.2 Å². The smallest absolute Gasteiger partial charge is 0.352 e. The summed E-state index contributed by atoms with van der Waals surface area (Å²) < 4.78 is 27.0. The molecule has 0 saturated carbocycles. The lowest BCUT2D eigenvalue weighted by atomic mass is 10.1. The number of fused-ring (bicyclic) bond motifs is 1. The van der Waals surface area contributed by atoms with Crippen molar-refractivity contribution in [2.45, 2.75) is 32.5 Å². The third-order valence-electron chi connectivity index (χ3n) is 4.32. The first kappa shape index (κ1) is 19.2. The van der Waals surface area contributed by atoms with E-state index in [-0.39, 0.29) is 34.6 Å². The molecule has 0 bridgehead atoms. The molecule has 7 nitrogen and oxygen atoms in total. The zero-order valence-electron chi connectivity index (χ0n) is 15.8. The number of nitrogens with zero attached hydrogens (tertiary/aromatic N) is 3. The first-order valence-electron chi connectivity index (χ1n) is 8.90. The van der Waals surface area contributed by atoms with Crippen LogP contribution in [0.2, 0.25) is 5.15 Å². The maximum absolute atomic E-state index is 14.4. The van der Waals surface area contributed by atoms with E-state index in [1.54, 1.807) is 22.8 Å². The molecule has 3 heterocycles. The molecule has 0 saturated heterocycles. The first-order valence-corrected chi connectivity index (χ1v) is 9.28. The van der Waals surface area contributed by atoms with Gasteiger partial charge in [-0.05, 0) is 37.6 Å². The van der Waals surface area contributed by atoms with Crippen LogP contribution in [-0.4, -0.2) is 20.1 Å². The number of nitrogens with one attached hydrogen (secondary N) is 1. The molecule has 0 unspecified atom stereocenters. The number of anilines is 1. The van der Waals surface area contributed by atoms with Gasteiger partial charge < -0.3 is 14.8 Å². The van der Waals surface area contributed by atoms with Gasteiger partial charge >= 0.3 is 5.69 Å². The minimum atomic E-state index is -0.551. The molecule has 1 N–H and O–H groups in total. The molecule has 1 aliphatic heterocycles. The van der Waals surface area contributed by atoms with Crippen molar-refractivity contribution in [2.24, 2.45) is 0 Å². The summed E-state index contributed by atoms with van der Waals surface area (Å²) in [4.78, 5) is 20.0. The van der Waals surface area contributed by atoms with E-state index in [1.807, 2.05) is 13.8 Å². The SMILES string of the molecule is CC1(C)Cn2c(cc(OCc3ccc(Oc4ccnc(Cl)c4)c(F)c3)nc2=O)N1. The van der Waals surface area contributed by atoms with Crippen molar-refractivity contribution in [1.82, 2.24) is 14.5 Å². The Hall–Kier alpha value is -3.13. The van der Waals surface area contributed by atoms with Gasteiger partial charge in [0.25, 0.3) is 0 Å². The number of benzene rings is 1. The van der Waals surface area contributed by atoms with Crippen LogP contribution in [0.25, 0.3) is 0 Å². The van der Waals surface area contributed by atoms with Crippen LogP contribution in [0, 0.1) is 5.82 Å². The molecule has 9 heteroatoms. The number of pyridine rings is 1. The van der Waals surface area contributed by atoms with Crippen LogP contribution in [0.3, 0.4) is 0 Å². The number of halogens is 2. The fraction of sp³-hybridized carbons (Fsp3) is 0.250. The topological polar surface area (TPSA) is 78.3 Å². The predicted molar refractivity (Wildman–Crippen MR) is 106 cm³/mol. The Morgan fingerprint density at radius 2 is 2.10 bits per heavy atom. The van der Waals surface area contributed by atoms with Gasteiger partial charge in [-0.25, -0.2) is 14.2 Å². The monoisotopic (exact) mass is 416 g/mol. The molecule has 0 radical (unpaired) electrons. The first-order chi connectivity index (χ1) is 13.8. The zero-order valence-corrected chi connectivity index (χ0v) is 16.5. The van der Waals surface area contributed by atoms with E-state index in [9.17, 15) is 9.18 Å². The molecule has 150 valence electrons. The van der Waals surface area contributed by atoms with E-state index in [2.05, 4.69) is 15.3 Å². The standard InChI is InChI=1S/C20H18ClFN4O3/c1-20(2)11-26-17(25-20)9-18(24-19(26)27)28-10-12-3-4-15(14(22)7-12)29-13-5-6-23-16(21)8-13/h3-9,25H,10-11H2,1-2H3. The third kappa shape index (κ3) is 4.32. The summed E-state index contributed by atoms with van der Waals surface area (Å²) in [5, 5.41) is 3.50. The summed E-state index contributed by atoms with van der Waals surface area (Å²) >= 11 is 5.80. The summed E-state index contributed by atoms with van der Waals surface area (Å²) in [5.74, 6) is 0.710. The molecule has 0 atom stereocenters. The highest BCUT2D eigenvalue weighted by atomic mass is 35.5. The number of hydrogen-bond acceptors (Lipinski definition) is 6. The number of aromatic nitrogens is 3. The molecule has 0 fully saturated rings. The van der Waals surface area contributed by atoms with Crippen LogP contribution >= 0.6 is 11.6 Å². The Bertz CT molecular complexity index is 1130. The van der Waals surface area contributed by atoms with Gasteiger partial charge in [-0.3, -0.25) is 4.57 Å². The highest BCUT2D eigenvalue weighted by Gasteiger charge is 2.29. The van der Waals surface area contributed by atoms with Crippen molar-refractivity contribution in [3.63, 3.8) is 0 Å². The predicted octanol–water partition coefficient (Wildman–Crippen LogP) is 4.01. The van der Waals surface area contributed by atoms with E-state index in [0.29, 0.717) is 23.7 Å². The van der Waals surface area contributed by atoms with E-state index in [4.69, 9.17) is 21.1 Å². The van der Waals surface area contributed by atoms with Gasteiger partial charge in [0.15, 0.2) is 11.6 Å². The fourth-order valence-corrected chi connectivity index (χ4v) is 3.21. The highest BCUT2D eigenvalue weighted by molar-refractivity contribution is 6.29. The Labute approximate surface area is 171 Å². The van der Waals surface area contributed by atoms with Crippen LogP contribution in [-0.2, 0) is 13.2 Å². The van der Waals surface area contributed by atoms with Gasteiger partial charge in [-0.15, -0.1) is 0 Å². The van der Waals surface area contributed by atoms with Crippen molar-refractivity contribution in [3.05, 3.63) is 69.6 Å². The molecule has 1 aromatic carbocycles. The minimum Gasteiger partial charge on any atom is -0.473 e. The van der Waals surface area contributed by atoms with Gasteiger partial charge in [0.2, 0.25) is 5.88 Å². The van der Waals surface area contributed by atoms with E-state index >= 15 is 0 Å². The lowest BCUT2D eigenvalue weighted by molar-refractivity contribution is 0.290. The Morgan fingerprint density at radius 3 is 2.86 bits per heavy atom. The van der Waals surface area contributed by atoms with Gasteiger partial charge in [-0.1, -0.05) is 17.7 Å². The summed E-state index contributed by atoms with van der Waals surface area (Å²) in [6.45, 7) is 4.57. The molecule has 29 heavy (non-hydrogen) atoms. The maximum Gasteiger partial charge on any atom is 0.352 e. The van der Waals surface area contributed by atoms with Crippen LogP contribution in [0.1, 0.15) is 19.4 Å².